The van der Waals surface area contributed by atoms with Gasteiger partial charge in [-0.1, -0.05) is 0 Å². The molecule has 3 aromatic rings. The van der Waals surface area contributed by atoms with E-state index in [9.17, 15) is 0 Å². The summed E-state index contributed by atoms with van der Waals surface area (Å²) in [5, 5.41) is 7.38. The first-order valence-electron chi connectivity index (χ1n) is 5.86. The number of hydrogen-bond acceptors (Lipinski definition) is 4. The first-order valence-corrected chi connectivity index (χ1v) is 7.44. The predicted octanol–water partition coefficient (Wildman–Crippen LogP) is 4.00. The fraction of sp³-hybridized carbons (Fsp3) is 0.0769. The van der Waals surface area contributed by atoms with Crippen molar-refractivity contribution in [2.24, 2.45) is 0 Å². The summed E-state index contributed by atoms with van der Waals surface area (Å²) in [6, 6.07) is 7.64. The summed E-state index contributed by atoms with van der Waals surface area (Å²) in [5.41, 5.74) is 0.921. The van der Waals surface area contributed by atoms with Crippen LogP contribution in [0.3, 0.4) is 0 Å². The Balaban J connectivity index is 1.66. The van der Waals surface area contributed by atoms with E-state index in [1.165, 1.54) is 0 Å². The van der Waals surface area contributed by atoms with Crippen molar-refractivity contribution in [3.8, 4) is 5.82 Å². The van der Waals surface area contributed by atoms with Gasteiger partial charge >= 0.3 is 0 Å². The lowest BCUT2D eigenvalue weighted by atomic mass is 10.3. The lowest BCUT2D eigenvalue weighted by Gasteiger charge is -2.05. The number of aromatic nitrogens is 3. The fourth-order valence-electron chi connectivity index (χ4n) is 1.70. The molecule has 0 saturated carbocycles. The topological polar surface area (TPSA) is 55.9 Å². The minimum Gasteiger partial charge on any atom is -0.451 e. The molecule has 0 spiro atoms. The van der Waals surface area contributed by atoms with Gasteiger partial charge in [0.25, 0.3) is 0 Å². The molecule has 0 fully saturated rings. The number of halogens is 2. The summed E-state index contributed by atoms with van der Waals surface area (Å²) < 4.78 is 8.80. The van der Waals surface area contributed by atoms with Crippen LogP contribution in [-0.2, 0) is 6.54 Å². The van der Waals surface area contributed by atoms with Crippen LogP contribution in [0, 0.1) is 0 Å². The highest BCUT2D eigenvalue weighted by molar-refractivity contribution is 9.13. The molecule has 0 aliphatic rings. The second-order valence-corrected chi connectivity index (χ2v) is 5.62. The maximum absolute atomic E-state index is 5.49. The van der Waals surface area contributed by atoms with Crippen molar-refractivity contribution in [2.75, 3.05) is 5.32 Å². The van der Waals surface area contributed by atoms with Gasteiger partial charge in [-0.15, -0.1) is 0 Å². The zero-order valence-corrected chi connectivity index (χ0v) is 13.4. The van der Waals surface area contributed by atoms with Gasteiger partial charge in [-0.25, -0.2) is 9.67 Å². The average Bonchev–Trinajstić information content (AvgIpc) is 3.08. The SMILES string of the molecule is Brc1cc(CNc2ccc(-n3cccn3)nc2)oc1Br. The van der Waals surface area contributed by atoms with Gasteiger partial charge < -0.3 is 9.73 Å². The molecule has 0 radical (unpaired) electrons. The summed E-state index contributed by atoms with van der Waals surface area (Å²) in [7, 11) is 0. The summed E-state index contributed by atoms with van der Waals surface area (Å²) in [6.07, 6.45) is 5.35. The third-order valence-corrected chi connectivity index (χ3v) is 4.36. The number of nitrogens with one attached hydrogen (secondary N) is 1. The van der Waals surface area contributed by atoms with Crippen molar-refractivity contribution >= 4 is 37.5 Å². The maximum atomic E-state index is 5.49. The highest BCUT2D eigenvalue weighted by Crippen LogP contribution is 2.27. The van der Waals surface area contributed by atoms with Crippen LogP contribution in [0.25, 0.3) is 5.82 Å². The zero-order chi connectivity index (χ0) is 13.9. The number of rotatable bonds is 4. The van der Waals surface area contributed by atoms with Crippen LogP contribution < -0.4 is 5.32 Å². The van der Waals surface area contributed by atoms with E-state index in [0.717, 1.165) is 21.7 Å². The normalized spacial score (nSPS) is 10.7. The smallest absolute Gasteiger partial charge is 0.183 e. The monoisotopic (exact) mass is 396 g/mol. The third kappa shape index (κ3) is 2.94. The molecule has 3 aromatic heterocycles. The molecule has 0 saturated heterocycles. The molecule has 5 nitrogen and oxygen atoms in total. The molecular formula is C13H10Br2N4O. The van der Waals surface area contributed by atoms with Crippen LogP contribution in [-0.4, -0.2) is 14.8 Å². The number of nitrogens with zero attached hydrogens (tertiary/aromatic N) is 3. The second kappa shape index (κ2) is 5.80. The largest absolute Gasteiger partial charge is 0.451 e. The van der Waals surface area contributed by atoms with Crippen LogP contribution in [0.1, 0.15) is 5.76 Å². The fourth-order valence-corrected chi connectivity index (χ4v) is 2.36. The zero-order valence-electron chi connectivity index (χ0n) is 10.3. The Hall–Kier alpha value is -1.60. The van der Waals surface area contributed by atoms with E-state index >= 15 is 0 Å². The van der Waals surface area contributed by atoms with Crippen LogP contribution >= 0.6 is 31.9 Å². The number of anilines is 1. The van der Waals surface area contributed by atoms with E-state index in [0.29, 0.717) is 11.2 Å². The number of pyridine rings is 1. The van der Waals surface area contributed by atoms with Crippen LogP contribution in [0.5, 0.6) is 0 Å². The molecule has 0 aliphatic carbocycles. The van der Waals surface area contributed by atoms with Gasteiger partial charge in [0.15, 0.2) is 10.5 Å². The van der Waals surface area contributed by atoms with E-state index in [1.54, 1.807) is 17.1 Å². The van der Waals surface area contributed by atoms with Crippen molar-refractivity contribution in [2.45, 2.75) is 6.54 Å². The minimum absolute atomic E-state index is 0.590. The standard InChI is InChI=1S/C13H10Br2N4O/c14-11-6-10(20-13(11)15)8-16-9-2-3-12(17-7-9)19-5-1-4-18-19/h1-7,16H,8H2. The Morgan fingerprint density at radius 2 is 2.20 bits per heavy atom. The highest BCUT2D eigenvalue weighted by Gasteiger charge is 2.06. The van der Waals surface area contributed by atoms with Crippen LogP contribution in [0.15, 0.2) is 56.4 Å². The Labute approximate surface area is 132 Å². The van der Waals surface area contributed by atoms with Crippen molar-refractivity contribution < 1.29 is 4.42 Å². The maximum Gasteiger partial charge on any atom is 0.183 e. The van der Waals surface area contributed by atoms with Crippen molar-refractivity contribution in [1.82, 2.24) is 14.8 Å². The van der Waals surface area contributed by atoms with E-state index in [2.05, 4.69) is 47.3 Å². The molecule has 20 heavy (non-hydrogen) atoms. The van der Waals surface area contributed by atoms with Crippen molar-refractivity contribution in [3.05, 3.63) is 57.8 Å². The molecule has 3 rings (SSSR count). The summed E-state index contributed by atoms with van der Waals surface area (Å²) in [5.74, 6) is 1.61. The van der Waals surface area contributed by atoms with Crippen molar-refractivity contribution in [3.63, 3.8) is 0 Å². The lowest BCUT2D eigenvalue weighted by Crippen LogP contribution is -2.01. The second-order valence-electron chi connectivity index (χ2n) is 4.04. The van der Waals surface area contributed by atoms with Gasteiger partial charge in [0.05, 0.1) is 22.9 Å². The number of hydrogen-bond donors (Lipinski definition) is 1. The molecule has 0 aliphatic heterocycles. The summed E-state index contributed by atoms with van der Waals surface area (Å²) in [6.45, 7) is 0.590. The Morgan fingerprint density at radius 3 is 2.80 bits per heavy atom. The summed E-state index contributed by atoms with van der Waals surface area (Å²) >= 11 is 6.69. The first kappa shape index (κ1) is 13.4. The van der Waals surface area contributed by atoms with Crippen LogP contribution in [0.4, 0.5) is 5.69 Å². The molecule has 1 N–H and O–H groups in total. The number of furan rings is 1. The molecule has 0 unspecified atom stereocenters. The highest BCUT2D eigenvalue weighted by atomic mass is 79.9. The Morgan fingerprint density at radius 1 is 1.30 bits per heavy atom. The van der Waals surface area contributed by atoms with E-state index in [4.69, 9.17) is 4.42 Å². The molecule has 0 amide bonds. The third-order valence-electron chi connectivity index (χ3n) is 2.65. The van der Waals surface area contributed by atoms with E-state index in [1.807, 2.05) is 30.5 Å². The van der Waals surface area contributed by atoms with Crippen molar-refractivity contribution in [1.29, 1.82) is 0 Å². The quantitative estimate of drug-likeness (QED) is 0.722. The van der Waals surface area contributed by atoms with Gasteiger partial charge in [0, 0.05) is 12.4 Å². The molecule has 102 valence electrons. The van der Waals surface area contributed by atoms with Gasteiger partial charge in [0.1, 0.15) is 5.76 Å². The average molecular weight is 398 g/mol. The van der Waals surface area contributed by atoms with Gasteiger partial charge in [-0.3, -0.25) is 0 Å². The van der Waals surface area contributed by atoms with E-state index in [-0.39, 0.29) is 0 Å². The Bertz CT molecular complexity index is 672. The summed E-state index contributed by atoms with van der Waals surface area (Å²) in [4.78, 5) is 4.35. The molecule has 0 atom stereocenters. The predicted molar refractivity (Wildman–Crippen MR) is 82.8 cm³/mol. The molecule has 0 aromatic carbocycles. The first-order chi connectivity index (χ1) is 9.72. The van der Waals surface area contributed by atoms with Gasteiger partial charge in [0.2, 0.25) is 0 Å². The Kier molecular flexibility index (Phi) is 3.88. The van der Waals surface area contributed by atoms with E-state index < -0.39 is 0 Å². The molecular weight excluding hydrogens is 388 g/mol. The van der Waals surface area contributed by atoms with Crippen LogP contribution in [0.2, 0.25) is 0 Å². The molecule has 3 heterocycles. The molecule has 0 bridgehead atoms. The van der Waals surface area contributed by atoms with Gasteiger partial charge in [-0.05, 0) is 56.1 Å². The minimum atomic E-state index is 0.590. The molecule has 7 heteroatoms. The van der Waals surface area contributed by atoms with Gasteiger partial charge in [-0.2, -0.15) is 5.10 Å². The lowest BCUT2D eigenvalue weighted by molar-refractivity contribution is 0.494.